The molecule has 4 rings (SSSR count). The van der Waals surface area contributed by atoms with Gasteiger partial charge < -0.3 is 0 Å². The molecule has 0 amide bonds. The fourth-order valence-electron chi connectivity index (χ4n) is 3.05. The SMILES string of the molecule is Cc1ccc2nc(NN=C(c3ccccc3)c3ccccn3)cc(C)c2c1. The van der Waals surface area contributed by atoms with Crippen molar-refractivity contribution >= 4 is 22.4 Å². The number of aryl methyl sites for hydroxylation is 2. The number of nitrogens with one attached hydrogen (secondary N) is 1. The molecule has 0 saturated heterocycles. The third kappa shape index (κ3) is 3.70. The van der Waals surface area contributed by atoms with Gasteiger partial charge in [0, 0.05) is 17.1 Å². The van der Waals surface area contributed by atoms with Crippen LogP contribution in [0.4, 0.5) is 5.82 Å². The van der Waals surface area contributed by atoms with Crippen LogP contribution < -0.4 is 5.43 Å². The van der Waals surface area contributed by atoms with Crippen molar-refractivity contribution in [1.82, 2.24) is 9.97 Å². The van der Waals surface area contributed by atoms with Crippen LogP contribution in [0.3, 0.4) is 0 Å². The zero-order chi connectivity index (χ0) is 18.6. The molecule has 132 valence electrons. The van der Waals surface area contributed by atoms with Crippen molar-refractivity contribution in [2.24, 2.45) is 5.10 Å². The minimum Gasteiger partial charge on any atom is -0.261 e. The first kappa shape index (κ1) is 16.9. The van der Waals surface area contributed by atoms with Crippen molar-refractivity contribution < 1.29 is 0 Å². The lowest BCUT2D eigenvalue weighted by atomic mass is 10.1. The minimum absolute atomic E-state index is 0.716. The van der Waals surface area contributed by atoms with Gasteiger partial charge in [-0.3, -0.25) is 10.4 Å². The molecule has 0 aliphatic heterocycles. The van der Waals surface area contributed by atoms with Crippen LogP contribution in [0, 0.1) is 13.8 Å². The van der Waals surface area contributed by atoms with Gasteiger partial charge in [0.25, 0.3) is 0 Å². The molecule has 0 atom stereocenters. The molecule has 4 aromatic rings. The normalized spacial score (nSPS) is 11.6. The lowest BCUT2D eigenvalue weighted by Crippen LogP contribution is -2.09. The second-order valence-corrected chi connectivity index (χ2v) is 6.50. The molecule has 2 aromatic heterocycles. The summed E-state index contributed by atoms with van der Waals surface area (Å²) in [6.07, 6.45) is 1.77. The molecule has 0 radical (unpaired) electrons. The van der Waals surface area contributed by atoms with E-state index in [0.717, 1.165) is 27.9 Å². The molecule has 2 heterocycles. The highest BCUT2D eigenvalue weighted by molar-refractivity contribution is 6.11. The number of benzene rings is 2. The van der Waals surface area contributed by atoms with Crippen molar-refractivity contribution in [3.05, 3.63) is 101 Å². The molecule has 0 aliphatic rings. The number of rotatable bonds is 4. The molecular formula is C23H20N4. The third-order valence-electron chi connectivity index (χ3n) is 4.41. The van der Waals surface area contributed by atoms with Crippen molar-refractivity contribution in [2.75, 3.05) is 5.43 Å². The number of hydrogen-bond donors (Lipinski definition) is 1. The molecule has 0 aliphatic carbocycles. The van der Waals surface area contributed by atoms with E-state index < -0.39 is 0 Å². The smallest absolute Gasteiger partial charge is 0.147 e. The Balaban J connectivity index is 1.74. The van der Waals surface area contributed by atoms with Gasteiger partial charge in [-0.2, -0.15) is 5.10 Å². The molecule has 0 saturated carbocycles. The molecule has 2 aromatic carbocycles. The molecule has 0 fully saturated rings. The highest BCUT2D eigenvalue weighted by Crippen LogP contribution is 2.21. The molecular weight excluding hydrogens is 332 g/mol. The van der Waals surface area contributed by atoms with Crippen LogP contribution in [0.5, 0.6) is 0 Å². The van der Waals surface area contributed by atoms with Crippen molar-refractivity contribution in [2.45, 2.75) is 13.8 Å². The summed E-state index contributed by atoms with van der Waals surface area (Å²) < 4.78 is 0. The zero-order valence-corrected chi connectivity index (χ0v) is 15.3. The van der Waals surface area contributed by atoms with Crippen LogP contribution in [0.2, 0.25) is 0 Å². The average Bonchev–Trinajstić information content (AvgIpc) is 2.70. The fraction of sp³-hybridized carbons (Fsp3) is 0.0870. The lowest BCUT2D eigenvalue weighted by Gasteiger charge is -2.09. The Morgan fingerprint density at radius 1 is 0.889 bits per heavy atom. The van der Waals surface area contributed by atoms with Crippen LogP contribution in [-0.4, -0.2) is 15.7 Å². The second kappa shape index (κ2) is 7.38. The number of hydrazone groups is 1. The molecule has 27 heavy (non-hydrogen) atoms. The Morgan fingerprint density at radius 2 is 1.70 bits per heavy atom. The van der Waals surface area contributed by atoms with Gasteiger partial charge in [-0.05, 0) is 49.7 Å². The summed E-state index contributed by atoms with van der Waals surface area (Å²) in [7, 11) is 0. The molecule has 0 spiro atoms. The Bertz CT molecular complexity index is 1060. The first-order valence-corrected chi connectivity index (χ1v) is 8.89. The largest absolute Gasteiger partial charge is 0.261 e. The standard InChI is InChI=1S/C23H20N4/c1-16-11-12-20-19(14-16)17(2)15-22(25-20)26-27-23(18-8-4-3-5-9-18)21-10-6-7-13-24-21/h3-15H,1-2H3,(H,25,26). The van der Waals surface area contributed by atoms with Gasteiger partial charge in [-0.15, -0.1) is 0 Å². The summed E-state index contributed by atoms with van der Waals surface area (Å²) in [5.41, 5.74) is 9.06. The lowest BCUT2D eigenvalue weighted by molar-refractivity contribution is 1.22. The van der Waals surface area contributed by atoms with E-state index in [4.69, 9.17) is 4.98 Å². The zero-order valence-electron chi connectivity index (χ0n) is 15.3. The number of aromatic nitrogens is 2. The number of fused-ring (bicyclic) bond motifs is 1. The highest BCUT2D eigenvalue weighted by atomic mass is 15.3. The Morgan fingerprint density at radius 3 is 2.48 bits per heavy atom. The van der Waals surface area contributed by atoms with E-state index >= 15 is 0 Å². The minimum atomic E-state index is 0.716. The second-order valence-electron chi connectivity index (χ2n) is 6.50. The van der Waals surface area contributed by atoms with E-state index in [9.17, 15) is 0 Å². The predicted molar refractivity (Wildman–Crippen MR) is 111 cm³/mol. The van der Waals surface area contributed by atoms with Gasteiger partial charge in [0.15, 0.2) is 0 Å². The van der Waals surface area contributed by atoms with E-state index in [0.29, 0.717) is 5.82 Å². The molecule has 0 unspecified atom stereocenters. The molecule has 4 heteroatoms. The summed E-state index contributed by atoms with van der Waals surface area (Å²) in [4.78, 5) is 9.15. The van der Waals surface area contributed by atoms with E-state index in [1.54, 1.807) is 6.20 Å². The van der Waals surface area contributed by atoms with Crippen LogP contribution in [0.15, 0.2) is 84.1 Å². The van der Waals surface area contributed by atoms with E-state index in [1.165, 1.54) is 11.1 Å². The van der Waals surface area contributed by atoms with Gasteiger partial charge in [-0.1, -0.05) is 48.0 Å². The fourth-order valence-corrected chi connectivity index (χ4v) is 3.05. The van der Waals surface area contributed by atoms with E-state index in [2.05, 4.69) is 41.5 Å². The summed E-state index contributed by atoms with van der Waals surface area (Å²) in [6, 6.07) is 24.1. The van der Waals surface area contributed by atoms with Gasteiger partial charge in [0.05, 0.1) is 11.2 Å². The number of pyridine rings is 2. The van der Waals surface area contributed by atoms with Crippen molar-refractivity contribution in [1.29, 1.82) is 0 Å². The van der Waals surface area contributed by atoms with Gasteiger partial charge in [0.2, 0.25) is 0 Å². The Labute approximate surface area is 158 Å². The number of hydrogen-bond acceptors (Lipinski definition) is 4. The topological polar surface area (TPSA) is 50.2 Å². The van der Waals surface area contributed by atoms with Crippen LogP contribution in [0.1, 0.15) is 22.4 Å². The monoisotopic (exact) mass is 352 g/mol. The maximum atomic E-state index is 4.70. The Kier molecular flexibility index (Phi) is 4.62. The maximum Gasteiger partial charge on any atom is 0.147 e. The third-order valence-corrected chi connectivity index (χ3v) is 4.41. The van der Waals surface area contributed by atoms with Crippen LogP contribution >= 0.6 is 0 Å². The van der Waals surface area contributed by atoms with E-state index in [-0.39, 0.29) is 0 Å². The summed E-state index contributed by atoms with van der Waals surface area (Å²) in [5.74, 6) is 0.716. The first-order chi connectivity index (χ1) is 13.2. The maximum absolute atomic E-state index is 4.70. The van der Waals surface area contributed by atoms with Crippen molar-refractivity contribution in [3.63, 3.8) is 0 Å². The van der Waals surface area contributed by atoms with Gasteiger partial charge in [-0.25, -0.2) is 4.98 Å². The average molecular weight is 352 g/mol. The molecule has 4 nitrogen and oxygen atoms in total. The predicted octanol–water partition coefficient (Wildman–Crippen LogP) is 5.11. The number of anilines is 1. The van der Waals surface area contributed by atoms with Gasteiger partial charge in [0.1, 0.15) is 11.5 Å². The summed E-state index contributed by atoms with van der Waals surface area (Å²) in [5, 5.41) is 5.81. The highest BCUT2D eigenvalue weighted by Gasteiger charge is 2.09. The quantitative estimate of drug-likeness (QED) is 0.410. The molecule has 0 bridgehead atoms. The summed E-state index contributed by atoms with van der Waals surface area (Å²) in [6.45, 7) is 4.18. The summed E-state index contributed by atoms with van der Waals surface area (Å²) >= 11 is 0. The first-order valence-electron chi connectivity index (χ1n) is 8.89. The Hall–Kier alpha value is -3.53. The van der Waals surface area contributed by atoms with Crippen LogP contribution in [-0.2, 0) is 0 Å². The number of nitrogens with zero attached hydrogens (tertiary/aromatic N) is 3. The van der Waals surface area contributed by atoms with Gasteiger partial charge >= 0.3 is 0 Å². The van der Waals surface area contributed by atoms with E-state index in [1.807, 2.05) is 60.7 Å². The molecule has 1 N–H and O–H groups in total. The van der Waals surface area contributed by atoms with Crippen LogP contribution in [0.25, 0.3) is 10.9 Å². The van der Waals surface area contributed by atoms with Crippen molar-refractivity contribution in [3.8, 4) is 0 Å².